The molecule has 2 aliphatic heterocycles. The monoisotopic (exact) mass is 553 g/mol. The van der Waals surface area contributed by atoms with Gasteiger partial charge in [0.25, 0.3) is 11.8 Å². The number of amides is 2. The summed E-state index contributed by atoms with van der Waals surface area (Å²) in [5.41, 5.74) is 5.39. The van der Waals surface area contributed by atoms with Gasteiger partial charge in [-0.05, 0) is 106 Å². The number of fused-ring (bicyclic) bond motifs is 1. The summed E-state index contributed by atoms with van der Waals surface area (Å²) in [6.07, 6.45) is 12.6. The first kappa shape index (κ1) is 27.8. The van der Waals surface area contributed by atoms with E-state index in [4.69, 9.17) is 4.42 Å². The van der Waals surface area contributed by atoms with Crippen LogP contribution in [0, 0.1) is 12.3 Å². The molecule has 2 aromatic carbocycles. The van der Waals surface area contributed by atoms with Crippen LogP contribution in [-0.2, 0) is 6.54 Å². The fourth-order valence-electron chi connectivity index (χ4n) is 7.31. The SMILES string of the molecule is Cc1ccc(NC(=O)c2occc2C2CCN(CCC3(CCN4Cc5ccccc5C4=O)CCCCC3)CC2)cc1. The Morgan fingerprint density at radius 3 is 2.44 bits per heavy atom. The van der Waals surface area contributed by atoms with Gasteiger partial charge in [0.05, 0.1) is 6.26 Å². The van der Waals surface area contributed by atoms with E-state index in [-0.39, 0.29) is 11.8 Å². The number of aryl methyl sites for hydroxylation is 1. The average molecular weight is 554 g/mol. The number of nitrogens with one attached hydrogen (secondary N) is 1. The van der Waals surface area contributed by atoms with Crippen LogP contribution in [-0.4, -0.2) is 47.8 Å². The number of nitrogens with zero attached hydrogens (tertiary/aromatic N) is 2. The maximum atomic E-state index is 13.0. The second-order valence-electron chi connectivity index (χ2n) is 12.6. The Kier molecular flexibility index (Phi) is 8.29. The van der Waals surface area contributed by atoms with E-state index in [0.717, 1.165) is 74.4 Å². The van der Waals surface area contributed by atoms with Crippen LogP contribution >= 0.6 is 0 Å². The van der Waals surface area contributed by atoms with Crippen molar-refractivity contribution in [2.75, 3.05) is 31.5 Å². The molecule has 0 spiro atoms. The van der Waals surface area contributed by atoms with E-state index >= 15 is 0 Å². The summed E-state index contributed by atoms with van der Waals surface area (Å²) in [7, 11) is 0. The molecular formula is C35H43N3O3. The molecule has 1 aliphatic carbocycles. The van der Waals surface area contributed by atoms with Crippen LogP contribution < -0.4 is 5.32 Å². The second kappa shape index (κ2) is 12.2. The molecule has 6 rings (SSSR count). The molecule has 1 N–H and O–H groups in total. The summed E-state index contributed by atoms with van der Waals surface area (Å²) in [6.45, 7) is 6.87. The molecule has 3 aliphatic rings. The van der Waals surface area contributed by atoms with Crippen molar-refractivity contribution in [2.45, 2.75) is 77.2 Å². The minimum absolute atomic E-state index is 0.171. The third kappa shape index (κ3) is 6.28. The van der Waals surface area contributed by atoms with Crippen LogP contribution in [0.4, 0.5) is 5.69 Å². The van der Waals surface area contributed by atoms with Gasteiger partial charge in [0.15, 0.2) is 5.76 Å². The number of carbonyl (C=O) groups excluding carboxylic acids is 2. The van der Waals surface area contributed by atoms with Crippen molar-refractivity contribution >= 4 is 17.5 Å². The Labute approximate surface area is 244 Å². The lowest BCUT2D eigenvalue weighted by molar-refractivity contribution is 0.0690. The van der Waals surface area contributed by atoms with Gasteiger partial charge >= 0.3 is 0 Å². The van der Waals surface area contributed by atoms with Crippen LogP contribution in [0.5, 0.6) is 0 Å². The summed E-state index contributed by atoms with van der Waals surface area (Å²) in [5.74, 6) is 0.828. The molecule has 1 aromatic heterocycles. The molecule has 0 radical (unpaired) electrons. The van der Waals surface area contributed by atoms with Crippen molar-refractivity contribution < 1.29 is 14.0 Å². The first-order valence-electron chi connectivity index (χ1n) is 15.5. The van der Waals surface area contributed by atoms with E-state index in [0.29, 0.717) is 17.1 Å². The quantitative estimate of drug-likeness (QED) is 0.300. The van der Waals surface area contributed by atoms with E-state index in [2.05, 4.69) is 21.2 Å². The summed E-state index contributed by atoms with van der Waals surface area (Å²) >= 11 is 0. The van der Waals surface area contributed by atoms with Crippen molar-refractivity contribution in [1.82, 2.24) is 9.80 Å². The van der Waals surface area contributed by atoms with Crippen LogP contribution in [0.2, 0.25) is 0 Å². The lowest BCUT2D eigenvalue weighted by Gasteiger charge is -2.41. The number of furan rings is 1. The highest BCUT2D eigenvalue weighted by molar-refractivity contribution is 6.03. The number of likely N-dealkylation sites (tertiary alicyclic amines) is 1. The normalized spacial score (nSPS) is 19.3. The van der Waals surface area contributed by atoms with Gasteiger partial charge in [-0.3, -0.25) is 9.59 Å². The minimum Gasteiger partial charge on any atom is -0.459 e. The molecule has 41 heavy (non-hydrogen) atoms. The summed E-state index contributed by atoms with van der Waals surface area (Å²) in [6, 6.07) is 17.9. The Hall–Kier alpha value is -3.38. The molecule has 0 bridgehead atoms. The smallest absolute Gasteiger partial charge is 0.291 e. The number of anilines is 1. The van der Waals surface area contributed by atoms with Gasteiger partial charge in [-0.2, -0.15) is 0 Å². The topological polar surface area (TPSA) is 65.8 Å². The highest BCUT2D eigenvalue weighted by atomic mass is 16.3. The maximum Gasteiger partial charge on any atom is 0.291 e. The largest absolute Gasteiger partial charge is 0.459 e. The van der Waals surface area contributed by atoms with Gasteiger partial charge in [-0.25, -0.2) is 0 Å². The average Bonchev–Trinajstić information content (AvgIpc) is 3.62. The Morgan fingerprint density at radius 1 is 0.951 bits per heavy atom. The van der Waals surface area contributed by atoms with Crippen molar-refractivity contribution in [1.29, 1.82) is 0 Å². The van der Waals surface area contributed by atoms with E-state index in [1.165, 1.54) is 44.1 Å². The highest BCUT2D eigenvalue weighted by Crippen LogP contribution is 2.43. The fourth-order valence-corrected chi connectivity index (χ4v) is 7.31. The predicted molar refractivity (Wildman–Crippen MR) is 162 cm³/mol. The van der Waals surface area contributed by atoms with Crippen molar-refractivity contribution in [3.63, 3.8) is 0 Å². The molecular weight excluding hydrogens is 510 g/mol. The maximum absolute atomic E-state index is 13.0. The predicted octanol–water partition coefficient (Wildman–Crippen LogP) is 7.41. The van der Waals surface area contributed by atoms with Gasteiger partial charge in [0, 0.05) is 29.9 Å². The molecule has 1 saturated carbocycles. The number of benzene rings is 2. The molecule has 0 unspecified atom stereocenters. The number of hydrogen-bond acceptors (Lipinski definition) is 4. The number of piperidine rings is 1. The van der Waals surface area contributed by atoms with E-state index < -0.39 is 0 Å². The first-order chi connectivity index (χ1) is 20.0. The van der Waals surface area contributed by atoms with Crippen molar-refractivity contribution in [3.8, 4) is 0 Å². The number of hydrogen-bond donors (Lipinski definition) is 1. The van der Waals surface area contributed by atoms with Crippen LogP contribution in [0.3, 0.4) is 0 Å². The standard InChI is InChI=1S/C35H43N3O3/c1-26-9-11-29(12-10-26)36-33(39)32-30(15-24-41-32)27-13-20-37(21-14-27)22-18-35(16-5-2-6-17-35)19-23-38-25-28-7-3-4-8-31(28)34(38)40/h3-4,7-12,15,24,27H,2,5-6,13-14,16-23,25H2,1H3,(H,36,39). The van der Waals surface area contributed by atoms with E-state index in [1.807, 2.05) is 55.5 Å². The molecule has 6 heteroatoms. The molecule has 2 amide bonds. The van der Waals surface area contributed by atoms with Gasteiger partial charge in [0.2, 0.25) is 0 Å². The minimum atomic E-state index is -0.171. The van der Waals surface area contributed by atoms with Crippen molar-refractivity contribution in [2.24, 2.45) is 5.41 Å². The molecule has 6 nitrogen and oxygen atoms in total. The number of rotatable bonds is 9. The third-order valence-corrected chi connectivity index (χ3v) is 9.92. The molecule has 1 saturated heterocycles. The molecule has 3 aromatic rings. The molecule has 2 fully saturated rings. The second-order valence-corrected chi connectivity index (χ2v) is 12.6. The Morgan fingerprint density at radius 2 is 1.68 bits per heavy atom. The van der Waals surface area contributed by atoms with Crippen LogP contribution in [0.25, 0.3) is 0 Å². The highest BCUT2D eigenvalue weighted by Gasteiger charge is 2.35. The van der Waals surface area contributed by atoms with Gasteiger partial charge < -0.3 is 19.5 Å². The molecule has 0 atom stereocenters. The zero-order valence-corrected chi connectivity index (χ0v) is 24.4. The lowest BCUT2D eigenvalue weighted by atomic mass is 9.69. The summed E-state index contributed by atoms with van der Waals surface area (Å²) < 4.78 is 5.69. The zero-order valence-electron chi connectivity index (χ0n) is 24.4. The van der Waals surface area contributed by atoms with Crippen LogP contribution in [0.15, 0.2) is 65.3 Å². The first-order valence-corrected chi connectivity index (χ1v) is 15.5. The van der Waals surface area contributed by atoms with Gasteiger partial charge in [0.1, 0.15) is 0 Å². The summed E-state index contributed by atoms with van der Waals surface area (Å²) in [5, 5.41) is 2.99. The fraction of sp³-hybridized carbons (Fsp3) is 0.486. The summed E-state index contributed by atoms with van der Waals surface area (Å²) in [4.78, 5) is 30.7. The molecule has 216 valence electrons. The van der Waals surface area contributed by atoms with E-state index in [1.54, 1.807) is 6.26 Å². The van der Waals surface area contributed by atoms with Crippen molar-refractivity contribution in [3.05, 3.63) is 88.9 Å². The Bertz CT molecular complexity index is 1350. The van der Waals surface area contributed by atoms with Gasteiger partial charge in [-0.1, -0.05) is 55.2 Å². The third-order valence-electron chi connectivity index (χ3n) is 9.92. The molecule has 3 heterocycles. The number of carbonyl (C=O) groups is 2. The zero-order chi connectivity index (χ0) is 28.2. The lowest BCUT2D eigenvalue weighted by Crippen LogP contribution is -2.38. The Balaban J connectivity index is 1.01. The van der Waals surface area contributed by atoms with Gasteiger partial charge in [-0.15, -0.1) is 0 Å². The van der Waals surface area contributed by atoms with Crippen LogP contribution in [0.1, 0.15) is 101 Å². The van der Waals surface area contributed by atoms with E-state index in [9.17, 15) is 9.59 Å².